The summed E-state index contributed by atoms with van der Waals surface area (Å²) in [6.45, 7) is 0.639. The maximum Gasteiger partial charge on any atom is 0.170 e. The predicted molar refractivity (Wildman–Crippen MR) is 123 cm³/mol. The van der Waals surface area contributed by atoms with Gasteiger partial charge in [-0.05, 0) is 66.2 Å². The summed E-state index contributed by atoms with van der Waals surface area (Å²) >= 11 is 5.35. The van der Waals surface area contributed by atoms with E-state index in [2.05, 4.69) is 15.8 Å². The molecule has 5 nitrogen and oxygen atoms in total. The lowest BCUT2D eigenvalue weighted by Crippen LogP contribution is -2.30. The van der Waals surface area contributed by atoms with Crippen LogP contribution in [0, 0.1) is 5.82 Å². The summed E-state index contributed by atoms with van der Waals surface area (Å²) in [4.78, 5) is 0. The molecule has 7 heteroatoms. The van der Waals surface area contributed by atoms with Gasteiger partial charge in [-0.2, -0.15) is 0 Å². The number of para-hydroxylation sites is 1. The van der Waals surface area contributed by atoms with Gasteiger partial charge in [0, 0.05) is 23.4 Å². The Morgan fingerprint density at radius 2 is 1.71 bits per heavy atom. The molecule has 0 fully saturated rings. The quantitative estimate of drug-likeness (QED) is 0.355. The molecule has 4 rings (SSSR count). The zero-order chi connectivity index (χ0) is 21.6. The molecule has 4 aromatic rings. The molecular weight excluding hydrogens is 413 g/mol. The number of phenols is 1. The Morgan fingerprint density at radius 3 is 2.45 bits per heavy atom. The Bertz CT molecular complexity index is 1170. The molecule has 0 aliphatic rings. The predicted octanol–water partition coefficient (Wildman–Crippen LogP) is 5.38. The number of hydrogen-bond acceptors (Lipinski definition) is 4. The Labute approximate surface area is 184 Å². The Kier molecular flexibility index (Phi) is 6.24. The van der Waals surface area contributed by atoms with Crippen molar-refractivity contribution in [3.8, 4) is 28.1 Å². The van der Waals surface area contributed by atoms with Gasteiger partial charge in [-0.1, -0.05) is 41.6 Å². The number of hydrogen-bond donors (Lipinski definition) is 3. The summed E-state index contributed by atoms with van der Waals surface area (Å²) in [6.07, 6.45) is 2.30. The van der Waals surface area contributed by atoms with Gasteiger partial charge in [-0.25, -0.2) is 4.39 Å². The minimum atomic E-state index is -0.240. The van der Waals surface area contributed by atoms with Crippen molar-refractivity contribution in [2.75, 3.05) is 11.9 Å². The number of thiocarbonyl (C=S) groups is 1. The van der Waals surface area contributed by atoms with Crippen LogP contribution in [0.2, 0.25) is 0 Å². The van der Waals surface area contributed by atoms with Crippen molar-refractivity contribution >= 4 is 23.0 Å². The smallest absolute Gasteiger partial charge is 0.170 e. The molecule has 0 aliphatic heterocycles. The van der Waals surface area contributed by atoms with E-state index in [0.717, 1.165) is 28.8 Å². The molecule has 1 aromatic heterocycles. The van der Waals surface area contributed by atoms with Gasteiger partial charge in [0.2, 0.25) is 0 Å². The maximum atomic E-state index is 13.0. The third-order valence-corrected chi connectivity index (χ3v) is 5.04. The van der Waals surface area contributed by atoms with E-state index in [9.17, 15) is 9.50 Å². The molecule has 31 heavy (non-hydrogen) atoms. The number of halogens is 1. The van der Waals surface area contributed by atoms with Crippen LogP contribution < -0.4 is 10.6 Å². The zero-order valence-electron chi connectivity index (χ0n) is 16.5. The molecule has 0 atom stereocenters. The third kappa shape index (κ3) is 5.07. The minimum absolute atomic E-state index is 0.146. The van der Waals surface area contributed by atoms with E-state index in [1.165, 1.54) is 12.1 Å². The van der Waals surface area contributed by atoms with Crippen molar-refractivity contribution in [2.24, 2.45) is 0 Å². The fourth-order valence-corrected chi connectivity index (χ4v) is 3.41. The average molecular weight is 434 g/mol. The normalized spacial score (nSPS) is 10.6. The highest BCUT2D eigenvalue weighted by atomic mass is 32.1. The summed E-state index contributed by atoms with van der Waals surface area (Å²) in [5.41, 5.74) is 4.75. The fraction of sp³-hybridized carbons (Fsp3) is 0.0833. The van der Waals surface area contributed by atoms with Crippen molar-refractivity contribution < 1.29 is 14.0 Å². The summed E-state index contributed by atoms with van der Waals surface area (Å²) < 4.78 is 18.1. The number of nitrogens with zero attached hydrogens (tertiary/aromatic N) is 1. The molecule has 0 amide bonds. The monoisotopic (exact) mass is 433 g/mol. The molecule has 1 heterocycles. The van der Waals surface area contributed by atoms with Crippen molar-refractivity contribution in [1.29, 1.82) is 0 Å². The van der Waals surface area contributed by atoms with E-state index >= 15 is 0 Å². The van der Waals surface area contributed by atoms with E-state index < -0.39 is 0 Å². The first-order valence-electron chi connectivity index (χ1n) is 9.72. The molecule has 0 saturated heterocycles. The van der Waals surface area contributed by atoms with Crippen LogP contribution in [-0.2, 0) is 6.42 Å². The van der Waals surface area contributed by atoms with Crippen LogP contribution in [0.4, 0.5) is 10.1 Å². The Balaban J connectivity index is 1.37. The summed E-state index contributed by atoms with van der Waals surface area (Å²) in [5, 5.41) is 21.0. The number of benzene rings is 3. The van der Waals surface area contributed by atoms with Crippen LogP contribution in [0.3, 0.4) is 0 Å². The van der Waals surface area contributed by atoms with Gasteiger partial charge >= 0.3 is 0 Å². The lowest BCUT2D eigenvalue weighted by Gasteiger charge is -2.11. The van der Waals surface area contributed by atoms with E-state index in [1.54, 1.807) is 36.6 Å². The molecule has 0 bridgehead atoms. The number of nitrogens with one attached hydrogen (secondary N) is 2. The first-order valence-corrected chi connectivity index (χ1v) is 10.1. The van der Waals surface area contributed by atoms with Crippen LogP contribution in [-0.4, -0.2) is 21.9 Å². The molecule has 0 radical (unpaired) electrons. The fourth-order valence-electron chi connectivity index (χ4n) is 3.19. The molecular formula is C24H20FN3O2S. The minimum Gasteiger partial charge on any atom is -0.507 e. The Hall–Kier alpha value is -3.71. The summed E-state index contributed by atoms with van der Waals surface area (Å²) in [6, 6.07) is 21.1. The van der Waals surface area contributed by atoms with Crippen LogP contribution in [0.25, 0.3) is 22.4 Å². The number of anilines is 1. The number of aromatic nitrogens is 1. The number of aromatic hydroxyl groups is 1. The first kappa shape index (κ1) is 20.6. The van der Waals surface area contributed by atoms with Crippen LogP contribution in [0.1, 0.15) is 5.56 Å². The first-order chi connectivity index (χ1) is 15.1. The zero-order valence-corrected chi connectivity index (χ0v) is 17.3. The van der Waals surface area contributed by atoms with Crippen molar-refractivity contribution in [1.82, 2.24) is 10.5 Å². The summed E-state index contributed by atoms with van der Waals surface area (Å²) in [7, 11) is 0. The number of phenolic OH excluding ortho intramolecular Hbond substituents is 1. The second-order valence-electron chi connectivity index (χ2n) is 6.93. The average Bonchev–Trinajstić information content (AvgIpc) is 3.26. The van der Waals surface area contributed by atoms with Crippen molar-refractivity contribution in [3.63, 3.8) is 0 Å². The lowest BCUT2D eigenvalue weighted by atomic mass is 10.0. The standard InChI is InChI=1S/C24H20FN3O2S/c25-18-9-5-16(6-10-18)13-14-26-24(31)27-19-11-7-17(8-12-19)21-15-30-28-23(21)20-3-1-2-4-22(20)29/h1-12,15,29H,13-14H2,(H2,26,27,31). The highest BCUT2D eigenvalue weighted by Crippen LogP contribution is 2.35. The van der Waals surface area contributed by atoms with E-state index in [4.69, 9.17) is 16.7 Å². The van der Waals surface area contributed by atoms with Crippen molar-refractivity contribution in [2.45, 2.75) is 6.42 Å². The number of rotatable bonds is 6. The molecule has 156 valence electrons. The largest absolute Gasteiger partial charge is 0.507 e. The molecule has 3 aromatic carbocycles. The molecule has 3 N–H and O–H groups in total. The lowest BCUT2D eigenvalue weighted by molar-refractivity contribution is 0.421. The van der Waals surface area contributed by atoms with Gasteiger partial charge in [-0.15, -0.1) is 0 Å². The van der Waals surface area contributed by atoms with Crippen LogP contribution in [0.5, 0.6) is 5.75 Å². The molecule has 0 unspecified atom stereocenters. The van der Waals surface area contributed by atoms with Gasteiger partial charge in [0.15, 0.2) is 5.11 Å². The van der Waals surface area contributed by atoms with Gasteiger partial charge in [0.05, 0.1) is 0 Å². The van der Waals surface area contributed by atoms with Crippen molar-refractivity contribution in [3.05, 3.63) is 90.4 Å². The van der Waals surface area contributed by atoms with E-state index in [-0.39, 0.29) is 11.6 Å². The molecule has 0 saturated carbocycles. The Morgan fingerprint density at radius 1 is 0.968 bits per heavy atom. The second-order valence-corrected chi connectivity index (χ2v) is 7.34. The van der Waals surface area contributed by atoms with Gasteiger partial charge < -0.3 is 20.3 Å². The maximum absolute atomic E-state index is 13.0. The highest BCUT2D eigenvalue weighted by Gasteiger charge is 2.15. The van der Waals surface area contributed by atoms with Crippen LogP contribution >= 0.6 is 12.2 Å². The molecule has 0 spiro atoms. The SMILES string of the molecule is Oc1ccccc1-c1nocc1-c1ccc(NC(=S)NCCc2ccc(F)cc2)cc1. The van der Waals surface area contributed by atoms with Crippen LogP contribution in [0.15, 0.2) is 83.6 Å². The second kappa shape index (κ2) is 9.40. The highest BCUT2D eigenvalue weighted by molar-refractivity contribution is 7.80. The van der Waals surface area contributed by atoms with E-state index in [1.807, 2.05) is 30.3 Å². The van der Waals surface area contributed by atoms with Gasteiger partial charge in [-0.3, -0.25) is 0 Å². The molecule has 0 aliphatic carbocycles. The van der Waals surface area contributed by atoms with Gasteiger partial charge in [0.25, 0.3) is 0 Å². The summed E-state index contributed by atoms with van der Waals surface area (Å²) in [5.74, 6) is -0.0933. The topological polar surface area (TPSA) is 70.3 Å². The third-order valence-electron chi connectivity index (χ3n) is 4.80. The van der Waals surface area contributed by atoms with E-state index in [0.29, 0.717) is 22.9 Å². The van der Waals surface area contributed by atoms with Gasteiger partial charge in [0.1, 0.15) is 23.5 Å².